The molecule has 2 amide bonds. The van der Waals surface area contributed by atoms with E-state index in [4.69, 9.17) is 9.84 Å². The second kappa shape index (κ2) is 11.4. The molecule has 1 fully saturated rings. The number of rotatable bonds is 9. The van der Waals surface area contributed by atoms with Gasteiger partial charge in [-0.3, -0.25) is 4.79 Å². The highest BCUT2D eigenvalue weighted by Gasteiger charge is 2.34. The minimum Gasteiger partial charge on any atom is -0.480 e. The minimum absolute atomic E-state index is 0.0270. The molecule has 0 spiro atoms. The van der Waals surface area contributed by atoms with Crippen LogP contribution in [0.1, 0.15) is 49.1 Å². The lowest BCUT2D eigenvalue weighted by molar-refractivity contribution is -0.143. The molecule has 186 valence electrons. The Morgan fingerprint density at radius 1 is 0.971 bits per heavy atom. The molecule has 8 nitrogen and oxygen atoms in total. The summed E-state index contributed by atoms with van der Waals surface area (Å²) in [4.78, 5) is 36.7. The Bertz CT molecular complexity index is 1030. The van der Waals surface area contributed by atoms with Gasteiger partial charge in [0.05, 0.1) is 0 Å². The topological polar surface area (TPSA) is 125 Å². The first-order valence-corrected chi connectivity index (χ1v) is 12.2. The number of benzene rings is 2. The van der Waals surface area contributed by atoms with Gasteiger partial charge in [0, 0.05) is 31.4 Å². The molecule has 4 rings (SSSR count). The SMILES string of the molecule is O=C(NC[C@@H]1CCCC[C@@H]1C(=O)N[C@H](CCO)C(=O)O)OCC1c2ccccc2-c2ccccc21. The Labute approximate surface area is 204 Å². The molecule has 0 heterocycles. The Morgan fingerprint density at radius 2 is 1.60 bits per heavy atom. The Kier molecular flexibility index (Phi) is 8.02. The molecule has 0 radical (unpaired) electrons. The molecule has 4 N–H and O–H groups in total. The predicted octanol–water partition coefficient (Wildman–Crippen LogP) is 3.28. The lowest BCUT2D eigenvalue weighted by Crippen LogP contribution is -2.48. The van der Waals surface area contributed by atoms with E-state index in [2.05, 4.69) is 34.9 Å². The van der Waals surface area contributed by atoms with E-state index in [1.807, 2.05) is 24.3 Å². The minimum atomic E-state index is -1.17. The normalized spacial score (nSPS) is 19.8. The number of hydrogen-bond acceptors (Lipinski definition) is 5. The van der Waals surface area contributed by atoms with Gasteiger partial charge >= 0.3 is 12.1 Å². The maximum atomic E-state index is 12.8. The van der Waals surface area contributed by atoms with Crippen molar-refractivity contribution in [1.29, 1.82) is 0 Å². The maximum Gasteiger partial charge on any atom is 0.407 e. The summed E-state index contributed by atoms with van der Waals surface area (Å²) < 4.78 is 5.60. The molecule has 8 heteroatoms. The Balaban J connectivity index is 1.32. The van der Waals surface area contributed by atoms with Crippen LogP contribution in [-0.4, -0.2) is 54.0 Å². The van der Waals surface area contributed by atoms with Gasteiger partial charge < -0.3 is 25.6 Å². The molecular weight excluding hydrogens is 448 g/mol. The third kappa shape index (κ3) is 5.65. The average Bonchev–Trinajstić information content (AvgIpc) is 3.19. The first-order valence-electron chi connectivity index (χ1n) is 12.2. The standard InChI is InChI=1S/C27H32N2O6/c30-14-13-24(26(32)33)29-25(31)18-8-2-1-7-17(18)15-28-27(34)35-16-23-21-11-5-3-9-19(21)20-10-4-6-12-22(20)23/h3-6,9-12,17-18,23-24,30H,1-2,7-8,13-16H2,(H,28,34)(H,29,31)(H,32,33)/t17-,18-,24+/m0/s1. The molecule has 3 atom stereocenters. The van der Waals surface area contributed by atoms with E-state index in [0.29, 0.717) is 6.42 Å². The van der Waals surface area contributed by atoms with Gasteiger partial charge in [0.2, 0.25) is 5.91 Å². The third-order valence-corrected chi connectivity index (χ3v) is 7.13. The monoisotopic (exact) mass is 480 g/mol. The van der Waals surface area contributed by atoms with Crippen LogP contribution < -0.4 is 10.6 Å². The first-order chi connectivity index (χ1) is 17.0. The van der Waals surface area contributed by atoms with Gasteiger partial charge in [-0.2, -0.15) is 0 Å². The van der Waals surface area contributed by atoms with Gasteiger partial charge in [-0.05, 0) is 41.0 Å². The molecule has 0 bridgehead atoms. The van der Waals surface area contributed by atoms with Crippen molar-refractivity contribution in [2.75, 3.05) is 19.8 Å². The van der Waals surface area contributed by atoms with Gasteiger partial charge in [-0.25, -0.2) is 9.59 Å². The van der Waals surface area contributed by atoms with E-state index in [1.54, 1.807) is 0 Å². The number of carboxylic acids is 1. The summed E-state index contributed by atoms with van der Waals surface area (Å²) in [5.74, 6) is -2.03. The summed E-state index contributed by atoms with van der Waals surface area (Å²) in [5.41, 5.74) is 4.60. The van der Waals surface area contributed by atoms with E-state index in [-0.39, 0.29) is 43.9 Å². The zero-order valence-electron chi connectivity index (χ0n) is 19.6. The number of alkyl carbamates (subject to hydrolysis) is 1. The van der Waals surface area contributed by atoms with Gasteiger partial charge in [-0.15, -0.1) is 0 Å². The quantitative estimate of drug-likeness (QED) is 0.437. The third-order valence-electron chi connectivity index (χ3n) is 7.13. The van der Waals surface area contributed by atoms with Crippen LogP contribution in [0.5, 0.6) is 0 Å². The molecule has 2 aliphatic rings. The summed E-state index contributed by atoms with van der Waals surface area (Å²) >= 11 is 0. The number of ether oxygens (including phenoxy) is 1. The van der Waals surface area contributed by atoms with E-state index < -0.39 is 24.0 Å². The highest BCUT2D eigenvalue weighted by molar-refractivity contribution is 5.85. The second-order valence-electron chi connectivity index (χ2n) is 9.27. The molecule has 0 unspecified atom stereocenters. The smallest absolute Gasteiger partial charge is 0.407 e. The molecular formula is C27H32N2O6. The average molecular weight is 481 g/mol. The van der Waals surface area contributed by atoms with Gasteiger partial charge in [0.25, 0.3) is 0 Å². The van der Waals surface area contributed by atoms with Gasteiger partial charge in [-0.1, -0.05) is 61.4 Å². The van der Waals surface area contributed by atoms with Crippen molar-refractivity contribution in [3.8, 4) is 11.1 Å². The summed E-state index contributed by atoms with van der Waals surface area (Å²) in [6.07, 6.45) is 2.64. The van der Waals surface area contributed by atoms with Crippen LogP contribution in [0.4, 0.5) is 4.79 Å². The number of aliphatic hydroxyl groups excluding tert-OH is 1. The molecule has 0 aliphatic heterocycles. The fraction of sp³-hybridized carbons (Fsp3) is 0.444. The number of carboxylic acid groups (broad SMARTS) is 1. The van der Waals surface area contributed by atoms with Crippen molar-refractivity contribution < 1.29 is 29.3 Å². The zero-order valence-corrected chi connectivity index (χ0v) is 19.6. The van der Waals surface area contributed by atoms with Crippen molar-refractivity contribution in [3.63, 3.8) is 0 Å². The van der Waals surface area contributed by atoms with Crippen molar-refractivity contribution in [2.45, 2.75) is 44.1 Å². The second-order valence-corrected chi connectivity index (χ2v) is 9.27. The first kappa shape index (κ1) is 24.7. The molecule has 1 saturated carbocycles. The maximum absolute atomic E-state index is 12.8. The van der Waals surface area contributed by atoms with Crippen LogP contribution in [0.15, 0.2) is 48.5 Å². The summed E-state index contributed by atoms with van der Waals surface area (Å²) in [6, 6.07) is 15.2. The summed E-state index contributed by atoms with van der Waals surface area (Å²) in [6.45, 7) is 0.178. The number of hydrogen-bond donors (Lipinski definition) is 4. The lowest BCUT2D eigenvalue weighted by Gasteiger charge is -2.31. The van der Waals surface area contributed by atoms with Crippen LogP contribution in [0.2, 0.25) is 0 Å². The van der Waals surface area contributed by atoms with Crippen LogP contribution in [0, 0.1) is 11.8 Å². The van der Waals surface area contributed by atoms with Crippen LogP contribution in [0.25, 0.3) is 11.1 Å². The highest BCUT2D eigenvalue weighted by Crippen LogP contribution is 2.44. The van der Waals surface area contributed by atoms with E-state index in [1.165, 1.54) is 0 Å². The van der Waals surface area contributed by atoms with E-state index in [0.717, 1.165) is 41.5 Å². The molecule has 2 aromatic rings. The largest absolute Gasteiger partial charge is 0.480 e. The number of aliphatic carboxylic acids is 1. The number of amides is 2. The summed E-state index contributed by atoms with van der Waals surface area (Å²) in [5, 5.41) is 23.7. The molecule has 35 heavy (non-hydrogen) atoms. The number of carbonyl (C=O) groups excluding carboxylic acids is 2. The molecule has 0 saturated heterocycles. The zero-order chi connectivity index (χ0) is 24.8. The van der Waals surface area contributed by atoms with Gasteiger partial charge in [0.15, 0.2) is 0 Å². The lowest BCUT2D eigenvalue weighted by atomic mass is 9.78. The van der Waals surface area contributed by atoms with Crippen LogP contribution >= 0.6 is 0 Å². The molecule has 2 aliphatic carbocycles. The molecule has 0 aromatic heterocycles. The Morgan fingerprint density at radius 3 is 2.23 bits per heavy atom. The van der Waals surface area contributed by atoms with Crippen molar-refractivity contribution >= 4 is 18.0 Å². The predicted molar refractivity (Wildman–Crippen MR) is 130 cm³/mol. The highest BCUT2D eigenvalue weighted by atomic mass is 16.5. The molecule has 2 aromatic carbocycles. The van der Waals surface area contributed by atoms with Crippen molar-refractivity contribution in [1.82, 2.24) is 10.6 Å². The Hall–Kier alpha value is -3.39. The van der Waals surface area contributed by atoms with Crippen molar-refractivity contribution in [2.24, 2.45) is 11.8 Å². The van der Waals surface area contributed by atoms with Crippen LogP contribution in [-0.2, 0) is 14.3 Å². The van der Waals surface area contributed by atoms with E-state index >= 15 is 0 Å². The fourth-order valence-electron chi connectivity index (χ4n) is 5.33. The van der Waals surface area contributed by atoms with E-state index in [9.17, 15) is 19.5 Å². The number of nitrogens with one attached hydrogen (secondary N) is 2. The van der Waals surface area contributed by atoms with Crippen molar-refractivity contribution in [3.05, 3.63) is 59.7 Å². The number of carbonyl (C=O) groups is 3. The number of aliphatic hydroxyl groups is 1. The number of fused-ring (bicyclic) bond motifs is 3. The summed E-state index contributed by atoms with van der Waals surface area (Å²) in [7, 11) is 0. The fourth-order valence-corrected chi connectivity index (χ4v) is 5.33. The van der Waals surface area contributed by atoms with Gasteiger partial charge in [0.1, 0.15) is 12.6 Å². The van der Waals surface area contributed by atoms with Crippen LogP contribution in [0.3, 0.4) is 0 Å².